The normalized spacial score (nSPS) is 50.3. The molecule has 3 nitrogen and oxygen atoms in total. The highest BCUT2D eigenvalue weighted by molar-refractivity contribution is 5.81. The van der Waals surface area contributed by atoms with Crippen LogP contribution in [0.25, 0.3) is 0 Å². The smallest absolute Gasteiger partial charge is 0.302 e. The van der Waals surface area contributed by atoms with Gasteiger partial charge < -0.3 is 4.74 Å². The van der Waals surface area contributed by atoms with Gasteiger partial charge in [0.15, 0.2) is 0 Å². The van der Waals surface area contributed by atoms with Gasteiger partial charge in [-0.2, -0.15) is 0 Å². The Bertz CT molecular complexity index is 598. The average Bonchev–Trinajstić information content (AvgIpc) is 2.85. The molecule has 0 aromatic heterocycles. The summed E-state index contributed by atoms with van der Waals surface area (Å²) in [4.78, 5) is 24.2. The molecule has 0 saturated heterocycles. The summed E-state index contributed by atoms with van der Waals surface area (Å²) in [6, 6.07) is 0. The number of carbonyl (C=O) groups is 2. The largest absolute Gasteiger partial charge is 0.462 e. The summed E-state index contributed by atoms with van der Waals surface area (Å²) < 4.78 is 5.69. The minimum atomic E-state index is -0.233. The van der Waals surface area contributed by atoms with E-state index in [-0.39, 0.29) is 29.2 Å². The van der Waals surface area contributed by atoms with Crippen molar-refractivity contribution in [3.8, 4) is 0 Å². The van der Waals surface area contributed by atoms with Crippen LogP contribution in [0.2, 0.25) is 0 Å². The van der Waals surface area contributed by atoms with Crippen LogP contribution in [0.4, 0.5) is 0 Å². The van der Waals surface area contributed by atoms with Crippen molar-refractivity contribution in [3.05, 3.63) is 0 Å². The van der Waals surface area contributed by atoms with Gasteiger partial charge in [0, 0.05) is 6.92 Å². The van der Waals surface area contributed by atoms with Crippen molar-refractivity contribution in [2.75, 3.05) is 0 Å². The lowest BCUT2D eigenvalue weighted by molar-refractivity contribution is -0.151. The van der Waals surface area contributed by atoms with E-state index in [1.165, 1.54) is 51.9 Å². The second-order valence-electron chi connectivity index (χ2n) is 10.4. The highest BCUT2D eigenvalue weighted by Crippen LogP contribution is 2.67. The Morgan fingerprint density at radius 3 is 2.35 bits per heavy atom. The molecule has 0 N–H and O–H groups in total. The van der Waals surface area contributed by atoms with E-state index in [9.17, 15) is 9.59 Å². The van der Waals surface area contributed by atoms with Gasteiger partial charge in [-0.3, -0.25) is 9.59 Å². The number of carbonyl (C=O) groups excluding carboxylic acids is 2. The summed E-state index contributed by atoms with van der Waals surface area (Å²) in [5, 5.41) is 0. The molecule has 8 atom stereocenters. The Labute approximate surface area is 158 Å². The molecule has 0 amide bonds. The van der Waals surface area contributed by atoms with Gasteiger partial charge in [-0.15, -0.1) is 0 Å². The van der Waals surface area contributed by atoms with Gasteiger partial charge in [-0.1, -0.05) is 26.7 Å². The van der Waals surface area contributed by atoms with E-state index in [4.69, 9.17) is 4.74 Å². The highest BCUT2D eigenvalue weighted by Gasteiger charge is 2.63. The summed E-state index contributed by atoms with van der Waals surface area (Å²) in [5.74, 6) is 2.86. The van der Waals surface area contributed by atoms with E-state index in [1.807, 2.05) is 0 Å². The first kappa shape index (κ1) is 18.5. The number of esters is 1. The SMILES string of the molecule is CC(=O)O[C@H]1C[C@H]2[C@@H]3CC[C@H]4CCCC[C@]4(C)[C@H]3CC[C@]2(C)[C@H]1C(C)=O. The fourth-order valence-corrected chi connectivity index (χ4v) is 8.34. The van der Waals surface area contributed by atoms with Crippen molar-refractivity contribution < 1.29 is 14.3 Å². The zero-order chi connectivity index (χ0) is 18.7. The lowest BCUT2D eigenvalue weighted by Gasteiger charge is -2.60. The number of hydrogen-bond acceptors (Lipinski definition) is 3. The summed E-state index contributed by atoms with van der Waals surface area (Å²) >= 11 is 0. The molecular formula is C23H36O3. The number of rotatable bonds is 2. The molecule has 4 fully saturated rings. The van der Waals surface area contributed by atoms with Crippen LogP contribution in [-0.4, -0.2) is 17.9 Å². The fourth-order valence-electron chi connectivity index (χ4n) is 8.34. The molecule has 26 heavy (non-hydrogen) atoms. The number of fused-ring (bicyclic) bond motifs is 5. The molecule has 0 unspecified atom stereocenters. The summed E-state index contributed by atoms with van der Waals surface area (Å²) in [6.07, 6.45) is 11.4. The van der Waals surface area contributed by atoms with Gasteiger partial charge in [0.25, 0.3) is 0 Å². The lowest BCUT2D eigenvalue weighted by atomic mass is 9.45. The molecule has 0 bridgehead atoms. The van der Waals surface area contributed by atoms with Crippen molar-refractivity contribution in [2.24, 2.45) is 40.4 Å². The minimum Gasteiger partial charge on any atom is -0.462 e. The van der Waals surface area contributed by atoms with Gasteiger partial charge in [0.2, 0.25) is 0 Å². The minimum absolute atomic E-state index is 0.0188. The molecule has 0 aliphatic heterocycles. The van der Waals surface area contributed by atoms with E-state index in [0.29, 0.717) is 11.3 Å². The van der Waals surface area contributed by atoms with Crippen LogP contribution in [-0.2, 0) is 14.3 Å². The van der Waals surface area contributed by atoms with E-state index in [1.54, 1.807) is 6.92 Å². The second kappa shape index (κ2) is 6.34. The Hall–Kier alpha value is -0.860. The second-order valence-corrected chi connectivity index (χ2v) is 10.4. The van der Waals surface area contributed by atoms with E-state index in [0.717, 1.165) is 30.6 Å². The maximum Gasteiger partial charge on any atom is 0.302 e. The van der Waals surface area contributed by atoms with Crippen LogP contribution in [0.15, 0.2) is 0 Å². The highest BCUT2D eigenvalue weighted by atomic mass is 16.5. The summed E-state index contributed by atoms with van der Waals surface area (Å²) in [5.41, 5.74) is 0.527. The van der Waals surface area contributed by atoms with Crippen LogP contribution in [0, 0.1) is 40.4 Å². The topological polar surface area (TPSA) is 43.4 Å². The third-order valence-electron chi connectivity index (χ3n) is 9.34. The zero-order valence-electron chi connectivity index (χ0n) is 17.1. The number of hydrogen-bond donors (Lipinski definition) is 0. The van der Waals surface area contributed by atoms with Gasteiger partial charge in [0.05, 0.1) is 5.92 Å². The summed E-state index contributed by atoms with van der Waals surface area (Å²) in [6.45, 7) is 8.11. The average molecular weight is 361 g/mol. The molecular weight excluding hydrogens is 324 g/mol. The van der Waals surface area contributed by atoms with Crippen LogP contribution in [0.5, 0.6) is 0 Å². The zero-order valence-corrected chi connectivity index (χ0v) is 17.1. The quantitative estimate of drug-likeness (QED) is 0.638. The molecule has 4 saturated carbocycles. The maximum absolute atomic E-state index is 12.6. The number of ether oxygens (including phenoxy) is 1. The van der Waals surface area contributed by atoms with Crippen LogP contribution in [0.3, 0.4) is 0 Å². The molecule has 4 aliphatic carbocycles. The van der Waals surface area contributed by atoms with E-state index >= 15 is 0 Å². The number of Topliss-reactive ketones (excluding diaryl/α,β-unsaturated/α-hetero) is 1. The Kier molecular flexibility index (Phi) is 4.51. The van der Waals surface area contributed by atoms with Gasteiger partial charge in [-0.25, -0.2) is 0 Å². The molecule has 0 aromatic carbocycles. The van der Waals surface area contributed by atoms with Crippen LogP contribution >= 0.6 is 0 Å². The molecule has 0 spiro atoms. The monoisotopic (exact) mass is 360 g/mol. The predicted octanol–water partition coefficient (Wildman–Crippen LogP) is 5.17. The van der Waals surface area contributed by atoms with Gasteiger partial charge in [-0.05, 0) is 86.4 Å². The Morgan fingerprint density at radius 1 is 0.885 bits per heavy atom. The third kappa shape index (κ3) is 2.59. The fraction of sp³-hybridized carbons (Fsp3) is 0.913. The third-order valence-corrected chi connectivity index (χ3v) is 9.34. The molecule has 0 aromatic rings. The van der Waals surface area contributed by atoms with Gasteiger partial charge in [0.1, 0.15) is 11.9 Å². The van der Waals surface area contributed by atoms with Crippen molar-refractivity contribution in [1.82, 2.24) is 0 Å². The first-order chi connectivity index (χ1) is 12.3. The van der Waals surface area contributed by atoms with E-state index in [2.05, 4.69) is 13.8 Å². The Balaban J connectivity index is 1.65. The molecule has 3 heteroatoms. The van der Waals surface area contributed by atoms with Crippen LogP contribution in [0.1, 0.15) is 85.5 Å². The van der Waals surface area contributed by atoms with Crippen molar-refractivity contribution in [3.63, 3.8) is 0 Å². The molecule has 0 heterocycles. The standard InChI is InChI=1S/C23H36O3/c1-14(24)21-20(26-15(2)25)13-19-17-9-8-16-7-5-6-11-22(16,3)18(17)10-12-23(19,21)4/h16-21H,5-13H2,1-4H3/t16-,17-,18+,19+,20+,21+,22+,23+/m1/s1. The maximum atomic E-state index is 12.6. The molecule has 146 valence electrons. The van der Waals surface area contributed by atoms with Gasteiger partial charge >= 0.3 is 5.97 Å². The summed E-state index contributed by atoms with van der Waals surface area (Å²) in [7, 11) is 0. The van der Waals surface area contributed by atoms with Crippen molar-refractivity contribution in [1.29, 1.82) is 0 Å². The first-order valence-electron chi connectivity index (χ1n) is 10.9. The first-order valence-corrected chi connectivity index (χ1v) is 10.9. The predicted molar refractivity (Wildman–Crippen MR) is 101 cm³/mol. The van der Waals surface area contributed by atoms with Crippen molar-refractivity contribution >= 4 is 11.8 Å². The van der Waals surface area contributed by atoms with E-state index < -0.39 is 0 Å². The number of ketones is 1. The Morgan fingerprint density at radius 2 is 1.65 bits per heavy atom. The molecule has 4 aliphatic rings. The van der Waals surface area contributed by atoms with Crippen LogP contribution < -0.4 is 0 Å². The van der Waals surface area contributed by atoms with Crippen molar-refractivity contribution in [2.45, 2.75) is 91.6 Å². The molecule has 0 radical (unpaired) electrons. The molecule has 4 rings (SSSR count). The lowest BCUT2D eigenvalue weighted by Crippen LogP contribution is -2.53.